The summed E-state index contributed by atoms with van der Waals surface area (Å²) in [4.78, 5) is 39.6. The van der Waals surface area contributed by atoms with Gasteiger partial charge in [0, 0.05) is 29.5 Å². The minimum Gasteiger partial charge on any atom is -0.354 e. The number of thioether (sulfide) groups is 2. The maximum atomic E-state index is 12.7. The van der Waals surface area contributed by atoms with E-state index in [2.05, 4.69) is 5.32 Å². The molecule has 148 valence electrons. The van der Waals surface area contributed by atoms with E-state index in [1.54, 1.807) is 0 Å². The molecular weight excluding hydrogens is 368 g/mol. The third-order valence-electron chi connectivity index (χ3n) is 3.53. The Morgan fingerprint density at radius 1 is 0.885 bits per heavy atom. The maximum absolute atomic E-state index is 12.7. The van der Waals surface area contributed by atoms with Gasteiger partial charge in [0.15, 0.2) is 0 Å². The predicted octanol–water partition coefficient (Wildman–Crippen LogP) is 3.94. The highest BCUT2D eigenvalue weighted by atomic mass is 32.2. The first-order valence-corrected chi connectivity index (χ1v) is 11.1. The first kappa shape index (κ1) is 23.1. The molecule has 1 aliphatic rings. The lowest BCUT2D eigenvalue weighted by Crippen LogP contribution is -2.32. The Morgan fingerprint density at radius 3 is 1.81 bits per heavy atom. The van der Waals surface area contributed by atoms with Crippen LogP contribution in [0.5, 0.6) is 0 Å². The molecule has 0 saturated heterocycles. The maximum Gasteiger partial charge on any atom is 0.268 e. The number of nitrogens with zero attached hydrogens (tertiary/aromatic N) is 1. The van der Waals surface area contributed by atoms with Crippen LogP contribution >= 0.6 is 23.5 Å². The number of hydrogen-bond donors (Lipinski definition) is 1. The fourth-order valence-corrected chi connectivity index (χ4v) is 4.58. The van der Waals surface area contributed by atoms with E-state index in [1.807, 2.05) is 41.5 Å². The van der Waals surface area contributed by atoms with E-state index in [1.165, 1.54) is 28.4 Å². The highest BCUT2D eigenvalue weighted by Gasteiger charge is 2.39. The Kier molecular flexibility index (Phi) is 9.79. The van der Waals surface area contributed by atoms with Crippen LogP contribution < -0.4 is 5.32 Å². The van der Waals surface area contributed by atoms with Crippen molar-refractivity contribution in [3.63, 3.8) is 0 Å². The fourth-order valence-electron chi connectivity index (χ4n) is 2.54. The first-order chi connectivity index (χ1) is 12.1. The van der Waals surface area contributed by atoms with Crippen molar-refractivity contribution in [2.75, 3.05) is 6.54 Å². The monoisotopic (exact) mass is 400 g/mol. The van der Waals surface area contributed by atoms with Gasteiger partial charge in [-0.3, -0.25) is 19.3 Å². The Balaban J connectivity index is 2.55. The molecular formula is C19H32N2O3S2. The number of hydrogen-bond acceptors (Lipinski definition) is 5. The van der Waals surface area contributed by atoms with Crippen molar-refractivity contribution in [2.24, 2.45) is 0 Å². The predicted molar refractivity (Wildman–Crippen MR) is 111 cm³/mol. The average Bonchev–Trinajstić information content (AvgIpc) is 2.70. The molecule has 0 saturated carbocycles. The Hall–Kier alpha value is -0.950. The molecule has 26 heavy (non-hydrogen) atoms. The summed E-state index contributed by atoms with van der Waals surface area (Å²) in [6, 6.07) is 0.155. The van der Waals surface area contributed by atoms with Crippen LogP contribution in [-0.2, 0) is 14.4 Å². The highest BCUT2D eigenvalue weighted by Crippen LogP contribution is 2.39. The highest BCUT2D eigenvalue weighted by molar-refractivity contribution is 8.08. The standard InChI is InChI=1S/C19H32N2O3S2/c1-12(2)20-15(22)10-8-7-9-11-21-18(23)16(25-13(3)4)17(19(21)24)26-14(5)6/h12-14H,7-11H2,1-6H3,(H,20,22). The molecule has 0 aromatic rings. The van der Waals surface area contributed by atoms with Crippen LogP contribution in [0.15, 0.2) is 9.81 Å². The van der Waals surface area contributed by atoms with Gasteiger partial charge in [0.25, 0.3) is 11.8 Å². The zero-order valence-electron chi connectivity index (χ0n) is 16.8. The third kappa shape index (κ3) is 7.35. The van der Waals surface area contributed by atoms with Gasteiger partial charge in [0.1, 0.15) is 0 Å². The zero-order chi connectivity index (χ0) is 19.9. The minimum absolute atomic E-state index is 0.0567. The second-order valence-corrected chi connectivity index (χ2v) is 10.5. The average molecular weight is 401 g/mol. The van der Waals surface area contributed by atoms with Crippen molar-refractivity contribution >= 4 is 41.2 Å². The fraction of sp³-hybridized carbons (Fsp3) is 0.737. The van der Waals surface area contributed by atoms with E-state index in [-0.39, 0.29) is 34.3 Å². The van der Waals surface area contributed by atoms with Crippen LogP contribution in [0.1, 0.15) is 67.2 Å². The van der Waals surface area contributed by atoms with Gasteiger partial charge in [-0.15, -0.1) is 23.5 Å². The summed E-state index contributed by atoms with van der Waals surface area (Å²) in [6.07, 6.45) is 2.80. The van der Waals surface area contributed by atoms with Crippen LogP contribution in [0.3, 0.4) is 0 Å². The summed E-state index contributed by atoms with van der Waals surface area (Å²) >= 11 is 2.95. The van der Waals surface area contributed by atoms with Gasteiger partial charge in [-0.25, -0.2) is 0 Å². The Labute approximate surface area is 166 Å². The molecule has 3 amide bonds. The number of unbranched alkanes of at least 4 members (excludes halogenated alkanes) is 2. The molecule has 0 atom stereocenters. The number of rotatable bonds is 11. The second kappa shape index (κ2) is 11.0. The van der Waals surface area contributed by atoms with E-state index in [0.717, 1.165) is 19.3 Å². The molecule has 1 N–H and O–H groups in total. The lowest BCUT2D eigenvalue weighted by atomic mass is 10.1. The van der Waals surface area contributed by atoms with Gasteiger partial charge in [0.2, 0.25) is 5.91 Å². The number of carbonyl (C=O) groups excluding carboxylic acids is 3. The van der Waals surface area contributed by atoms with E-state index < -0.39 is 0 Å². The summed E-state index contributed by atoms with van der Waals surface area (Å²) < 4.78 is 0. The topological polar surface area (TPSA) is 66.5 Å². The molecule has 0 bridgehead atoms. The number of amides is 3. The van der Waals surface area contributed by atoms with Crippen molar-refractivity contribution in [1.29, 1.82) is 0 Å². The summed E-state index contributed by atoms with van der Waals surface area (Å²) in [7, 11) is 0. The largest absolute Gasteiger partial charge is 0.354 e. The van der Waals surface area contributed by atoms with Crippen LogP contribution in [0.25, 0.3) is 0 Å². The molecule has 0 aliphatic carbocycles. The van der Waals surface area contributed by atoms with Crippen LogP contribution in [-0.4, -0.2) is 45.7 Å². The van der Waals surface area contributed by atoms with Gasteiger partial charge in [-0.05, 0) is 26.7 Å². The quantitative estimate of drug-likeness (QED) is 0.420. The van der Waals surface area contributed by atoms with Gasteiger partial charge in [-0.2, -0.15) is 0 Å². The minimum atomic E-state index is -0.158. The summed E-state index contributed by atoms with van der Waals surface area (Å²) in [6.45, 7) is 12.4. The molecule has 1 heterocycles. The molecule has 0 aromatic heterocycles. The Morgan fingerprint density at radius 2 is 1.38 bits per heavy atom. The lowest BCUT2D eigenvalue weighted by molar-refractivity contribution is -0.137. The van der Waals surface area contributed by atoms with Crippen LogP contribution in [0.2, 0.25) is 0 Å². The summed E-state index contributed by atoms with van der Waals surface area (Å²) in [5.74, 6) is -0.259. The van der Waals surface area contributed by atoms with E-state index in [4.69, 9.17) is 0 Å². The smallest absolute Gasteiger partial charge is 0.268 e. The second-order valence-electron chi connectivity index (χ2n) is 7.29. The normalized spacial score (nSPS) is 15.2. The van der Waals surface area contributed by atoms with Crippen LogP contribution in [0, 0.1) is 0 Å². The Bertz CT molecular complexity index is 525. The molecule has 0 spiro atoms. The molecule has 1 rings (SSSR count). The molecule has 5 nitrogen and oxygen atoms in total. The SMILES string of the molecule is CC(C)NC(=O)CCCCCN1C(=O)C(SC(C)C)=C(SC(C)C)C1=O. The van der Waals surface area contributed by atoms with Crippen molar-refractivity contribution in [3.05, 3.63) is 9.81 Å². The number of nitrogens with one attached hydrogen (secondary N) is 1. The zero-order valence-corrected chi connectivity index (χ0v) is 18.4. The molecule has 0 aromatic carbocycles. The van der Waals surface area contributed by atoms with Crippen molar-refractivity contribution in [1.82, 2.24) is 10.2 Å². The summed E-state index contributed by atoms with van der Waals surface area (Å²) in [5.41, 5.74) is 0. The number of carbonyl (C=O) groups is 3. The molecule has 0 radical (unpaired) electrons. The van der Waals surface area contributed by atoms with Crippen molar-refractivity contribution in [3.8, 4) is 0 Å². The van der Waals surface area contributed by atoms with E-state index >= 15 is 0 Å². The third-order valence-corrected chi connectivity index (χ3v) is 5.83. The first-order valence-electron chi connectivity index (χ1n) is 9.36. The van der Waals surface area contributed by atoms with Crippen LogP contribution in [0.4, 0.5) is 0 Å². The number of imide groups is 1. The van der Waals surface area contributed by atoms with Crippen molar-refractivity contribution in [2.45, 2.75) is 83.8 Å². The van der Waals surface area contributed by atoms with E-state index in [0.29, 0.717) is 22.8 Å². The molecule has 1 aliphatic heterocycles. The molecule has 7 heteroatoms. The van der Waals surface area contributed by atoms with Gasteiger partial charge >= 0.3 is 0 Å². The van der Waals surface area contributed by atoms with Gasteiger partial charge in [-0.1, -0.05) is 34.1 Å². The summed E-state index contributed by atoms with van der Waals surface area (Å²) in [5, 5.41) is 3.37. The van der Waals surface area contributed by atoms with E-state index in [9.17, 15) is 14.4 Å². The molecule has 0 fully saturated rings. The molecule has 0 unspecified atom stereocenters. The lowest BCUT2D eigenvalue weighted by Gasteiger charge is -2.15. The van der Waals surface area contributed by atoms with Gasteiger partial charge in [0.05, 0.1) is 9.81 Å². The van der Waals surface area contributed by atoms with Crippen molar-refractivity contribution < 1.29 is 14.4 Å². The van der Waals surface area contributed by atoms with Gasteiger partial charge < -0.3 is 5.32 Å².